The van der Waals surface area contributed by atoms with Crippen molar-refractivity contribution in [2.24, 2.45) is 0 Å². The van der Waals surface area contributed by atoms with Crippen LogP contribution in [0.4, 0.5) is 16.0 Å². The zero-order chi connectivity index (χ0) is 21.1. The van der Waals surface area contributed by atoms with Gasteiger partial charge >= 0.3 is 0 Å². The number of halogens is 1. The van der Waals surface area contributed by atoms with Crippen molar-refractivity contribution in [3.05, 3.63) is 84.3 Å². The Morgan fingerprint density at radius 3 is 2.43 bits per heavy atom. The minimum atomic E-state index is -3.83. The molecule has 0 aliphatic carbocycles. The monoisotopic (exact) mass is 425 g/mol. The number of carbonyl (C=O) groups excluding carboxylic acids is 1. The lowest BCUT2D eigenvalue weighted by Gasteiger charge is -2.09. The third-order valence-electron chi connectivity index (χ3n) is 4.26. The predicted molar refractivity (Wildman–Crippen MR) is 109 cm³/mol. The van der Waals surface area contributed by atoms with Crippen molar-refractivity contribution >= 4 is 33.2 Å². The molecule has 0 bridgehead atoms. The second-order valence-electron chi connectivity index (χ2n) is 6.43. The molecule has 8 nitrogen and oxygen atoms in total. The van der Waals surface area contributed by atoms with Crippen LogP contribution in [0.25, 0.3) is 5.65 Å². The lowest BCUT2D eigenvalue weighted by atomic mass is 10.1. The number of aromatic nitrogens is 3. The molecule has 152 valence electrons. The van der Waals surface area contributed by atoms with E-state index in [-0.39, 0.29) is 17.2 Å². The molecule has 4 rings (SSSR count). The summed E-state index contributed by atoms with van der Waals surface area (Å²) in [6, 6.07) is 16.3. The molecule has 2 heterocycles. The molecule has 0 saturated heterocycles. The molecule has 0 fully saturated rings. The van der Waals surface area contributed by atoms with E-state index >= 15 is 0 Å². The average molecular weight is 425 g/mol. The van der Waals surface area contributed by atoms with Crippen molar-refractivity contribution in [2.45, 2.75) is 11.3 Å². The molecule has 0 saturated carbocycles. The quantitative estimate of drug-likeness (QED) is 0.494. The number of fused-ring (bicyclic) bond motifs is 1. The van der Waals surface area contributed by atoms with Gasteiger partial charge in [0.25, 0.3) is 10.0 Å². The Balaban J connectivity index is 1.41. The molecular formula is C20H16FN5O3S. The summed E-state index contributed by atoms with van der Waals surface area (Å²) in [6.07, 6.45) is 1.82. The summed E-state index contributed by atoms with van der Waals surface area (Å²) in [6.45, 7) is 0. The second kappa shape index (κ2) is 7.91. The number of hydrogen-bond acceptors (Lipinski definition) is 5. The van der Waals surface area contributed by atoms with E-state index in [1.165, 1.54) is 12.1 Å². The fourth-order valence-electron chi connectivity index (χ4n) is 2.80. The van der Waals surface area contributed by atoms with E-state index in [2.05, 4.69) is 20.2 Å². The van der Waals surface area contributed by atoms with Crippen LogP contribution in [-0.4, -0.2) is 28.9 Å². The Labute approximate surface area is 171 Å². The maximum absolute atomic E-state index is 13.0. The molecule has 0 spiro atoms. The van der Waals surface area contributed by atoms with Crippen molar-refractivity contribution in [3.63, 3.8) is 0 Å². The maximum atomic E-state index is 13.0. The zero-order valence-electron chi connectivity index (χ0n) is 15.5. The second-order valence-corrected chi connectivity index (χ2v) is 8.12. The molecule has 4 aromatic rings. The lowest BCUT2D eigenvalue weighted by Crippen LogP contribution is -2.16. The van der Waals surface area contributed by atoms with Gasteiger partial charge in [0.1, 0.15) is 5.82 Å². The molecule has 0 aliphatic rings. The summed E-state index contributed by atoms with van der Waals surface area (Å²) in [7, 11) is -3.83. The highest BCUT2D eigenvalue weighted by Gasteiger charge is 2.14. The van der Waals surface area contributed by atoms with Gasteiger partial charge in [-0.05, 0) is 54.1 Å². The van der Waals surface area contributed by atoms with Gasteiger partial charge in [-0.25, -0.2) is 12.8 Å². The number of sulfonamides is 1. The molecule has 30 heavy (non-hydrogen) atoms. The highest BCUT2D eigenvalue weighted by Crippen LogP contribution is 2.17. The molecule has 0 aliphatic heterocycles. The number of carbonyl (C=O) groups is 1. The normalized spacial score (nSPS) is 11.4. The third-order valence-corrected chi connectivity index (χ3v) is 5.66. The minimum absolute atomic E-state index is 0.0483. The van der Waals surface area contributed by atoms with Crippen molar-refractivity contribution in [3.8, 4) is 0 Å². The molecule has 0 unspecified atom stereocenters. The van der Waals surface area contributed by atoms with Crippen LogP contribution in [0, 0.1) is 5.82 Å². The van der Waals surface area contributed by atoms with Crippen molar-refractivity contribution < 1.29 is 17.6 Å². The molecule has 2 aromatic carbocycles. The van der Waals surface area contributed by atoms with Crippen LogP contribution in [0.3, 0.4) is 0 Å². The Hall–Kier alpha value is -3.79. The molecule has 0 atom stereocenters. The van der Waals surface area contributed by atoms with E-state index in [0.717, 1.165) is 12.1 Å². The summed E-state index contributed by atoms with van der Waals surface area (Å²) in [5.41, 5.74) is 1.63. The largest absolute Gasteiger partial charge is 0.294 e. The number of nitrogens with zero attached hydrogens (tertiary/aromatic N) is 3. The highest BCUT2D eigenvalue weighted by molar-refractivity contribution is 7.92. The van der Waals surface area contributed by atoms with E-state index in [0.29, 0.717) is 22.8 Å². The summed E-state index contributed by atoms with van der Waals surface area (Å²) < 4.78 is 41.8. The van der Waals surface area contributed by atoms with Gasteiger partial charge in [0.2, 0.25) is 11.9 Å². The summed E-state index contributed by atoms with van der Waals surface area (Å²) >= 11 is 0. The number of pyridine rings is 1. The van der Waals surface area contributed by atoms with Crippen LogP contribution >= 0.6 is 0 Å². The first-order valence-electron chi connectivity index (χ1n) is 8.88. The van der Waals surface area contributed by atoms with Gasteiger partial charge in [-0.1, -0.05) is 18.2 Å². The van der Waals surface area contributed by atoms with E-state index in [1.54, 1.807) is 47.0 Å². The topological polar surface area (TPSA) is 105 Å². The van der Waals surface area contributed by atoms with Crippen LogP contribution in [0.15, 0.2) is 77.8 Å². The van der Waals surface area contributed by atoms with Crippen molar-refractivity contribution in [2.75, 3.05) is 10.0 Å². The van der Waals surface area contributed by atoms with Gasteiger partial charge < -0.3 is 0 Å². The molecule has 2 aromatic heterocycles. The number of anilines is 2. The predicted octanol–water partition coefficient (Wildman–Crippen LogP) is 2.85. The SMILES string of the molecule is O=C(Cc1ccc(NS(=O)(=O)c2ccc(F)cc2)cc1)Nc1nnc2ccccn12. The molecule has 2 N–H and O–H groups in total. The van der Waals surface area contributed by atoms with Gasteiger partial charge in [-0.2, -0.15) is 0 Å². The van der Waals surface area contributed by atoms with Gasteiger partial charge in [0, 0.05) is 11.9 Å². The summed E-state index contributed by atoms with van der Waals surface area (Å²) in [4.78, 5) is 12.3. The smallest absolute Gasteiger partial charge is 0.261 e. The first-order chi connectivity index (χ1) is 14.4. The fourth-order valence-corrected chi connectivity index (χ4v) is 3.86. The van der Waals surface area contributed by atoms with Gasteiger partial charge in [-0.15, -0.1) is 10.2 Å². The van der Waals surface area contributed by atoms with Gasteiger partial charge in [0.15, 0.2) is 5.65 Å². The van der Waals surface area contributed by atoms with Crippen molar-refractivity contribution in [1.82, 2.24) is 14.6 Å². The lowest BCUT2D eigenvalue weighted by molar-refractivity contribution is -0.115. The van der Waals surface area contributed by atoms with E-state index in [9.17, 15) is 17.6 Å². The van der Waals surface area contributed by atoms with Crippen LogP contribution in [-0.2, 0) is 21.2 Å². The van der Waals surface area contributed by atoms with Crippen LogP contribution < -0.4 is 10.0 Å². The van der Waals surface area contributed by atoms with Crippen LogP contribution in [0.2, 0.25) is 0 Å². The third kappa shape index (κ3) is 4.28. The standard InChI is InChI=1S/C20H16FN5O3S/c21-15-6-10-17(11-7-15)30(28,29)25-16-8-4-14(5-9-16)13-19(27)22-20-24-23-18-3-1-2-12-26(18)20/h1-12,25H,13H2,(H,22,24,27). The Morgan fingerprint density at radius 2 is 1.70 bits per heavy atom. The number of rotatable bonds is 6. The zero-order valence-corrected chi connectivity index (χ0v) is 16.3. The number of hydrogen-bond donors (Lipinski definition) is 2. The first kappa shape index (κ1) is 19.5. The minimum Gasteiger partial charge on any atom is -0.294 e. The Kier molecular flexibility index (Phi) is 5.15. The molecular weight excluding hydrogens is 409 g/mol. The maximum Gasteiger partial charge on any atom is 0.261 e. The highest BCUT2D eigenvalue weighted by atomic mass is 32.2. The van der Waals surface area contributed by atoms with Gasteiger partial charge in [0.05, 0.1) is 11.3 Å². The van der Waals surface area contributed by atoms with Crippen LogP contribution in [0.5, 0.6) is 0 Å². The van der Waals surface area contributed by atoms with Crippen LogP contribution in [0.1, 0.15) is 5.56 Å². The Morgan fingerprint density at radius 1 is 0.967 bits per heavy atom. The Bertz CT molecular complexity index is 1300. The van der Waals surface area contributed by atoms with E-state index in [4.69, 9.17) is 0 Å². The van der Waals surface area contributed by atoms with E-state index < -0.39 is 15.8 Å². The molecule has 10 heteroatoms. The number of amides is 1. The number of nitrogens with one attached hydrogen (secondary N) is 2. The number of benzene rings is 2. The van der Waals surface area contributed by atoms with Gasteiger partial charge in [-0.3, -0.25) is 19.2 Å². The average Bonchev–Trinajstić information content (AvgIpc) is 3.12. The summed E-state index contributed by atoms with van der Waals surface area (Å²) in [5, 5.41) is 10.6. The van der Waals surface area contributed by atoms with Crippen molar-refractivity contribution in [1.29, 1.82) is 0 Å². The fraction of sp³-hybridized carbons (Fsp3) is 0.0500. The first-order valence-corrected chi connectivity index (χ1v) is 10.4. The molecule has 1 amide bonds. The van der Waals surface area contributed by atoms with E-state index in [1.807, 2.05) is 6.07 Å². The molecule has 0 radical (unpaired) electrons. The summed E-state index contributed by atoms with van der Waals surface area (Å²) in [5.74, 6) is -0.484.